The van der Waals surface area contributed by atoms with Crippen LogP contribution in [0.5, 0.6) is 0 Å². The highest BCUT2D eigenvalue weighted by Gasteiger charge is 2.35. The SMILES string of the molecule is NCC1(Cc2ccc(CCOC3CCCC3)cc2)CCC1. The van der Waals surface area contributed by atoms with Crippen LogP contribution >= 0.6 is 0 Å². The molecule has 2 saturated carbocycles. The zero-order valence-corrected chi connectivity index (χ0v) is 13.2. The summed E-state index contributed by atoms with van der Waals surface area (Å²) in [4.78, 5) is 0. The Kier molecular flexibility index (Phi) is 4.97. The van der Waals surface area contributed by atoms with Gasteiger partial charge in [0.2, 0.25) is 0 Å². The third-order valence-corrected chi connectivity index (χ3v) is 5.50. The smallest absolute Gasteiger partial charge is 0.0575 e. The van der Waals surface area contributed by atoms with Crippen molar-refractivity contribution >= 4 is 0 Å². The molecule has 3 rings (SSSR count). The Labute approximate surface area is 129 Å². The fraction of sp³-hybridized carbons (Fsp3) is 0.684. The lowest BCUT2D eigenvalue weighted by Crippen LogP contribution is -2.39. The molecule has 0 amide bonds. The summed E-state index contributed by atoms with van der Waals surface area (Å²) >= 11 is 0. The first-order valence-corrected chi connectivity index (χ1v) is 8.69. The molecule has 0 heterocycles. The van der Waals surface area contributed by atoms with E-state index in [1.807, 2.05) is 0 Å². The van der Waals surface area contributed by atoms with Gasteiger partial charge in [0.05, 0.1) is 12.7 Å². The van der Waals surface area contributed by atoms with Crippen molar-refractivity contribution in [3.05, 3.63) is 35.4 Å². The second kappa shape index (κ2) is 6.93. The number of nitrogens with two attached hydrogens (primary N) is 1. The minimum atomic E-state index is 0.410. The van der Waals surface area contributed by atoms with Gasteiger partial charge in [-0.3, -0.25) is 0 Å². The summed E-state index contributed by atoms with van der Waals surface area (Å²) in [6.07, 6.45) is 11.9. The molecular formula is C19H29NO. The summed E-state index contributed by atoms with van der Waals surface area (Å²) in [6.45, 7) is 1.71. The zero-order valence-electron chi connectivity index (χ0n) is 13.2. The van der Waals surface area contributed by atoms with Crippen LogP contribution in [0, 0.1) is 5.41 Å². The van der Waals surface area contributed by atoms with Crippen LogP contribution < -0.4 is 5.73 Å². The highest BCUT2D eigenvalue weighted by Crippen LogP contribution is 2.42. The third kappa shape index (κ3) is 3.87. The first-order valence-electron chi connectivity index (χ1n) is 8.69. The lowest BCUT2D eigenvalue weighted by molar-refractivity contribution is 0.0606. The monoisotopic (exact) mass is 287 g/mol. The van der Waals surface area contributed by atoms with E-state index in [0.29, 0.717) is 11.5 Å². The Hall–Kier alpha value is -0.860. The molecule has 2 nitrogen and oxygen atoms in total. The Morgan fingerprint density at radius 3 is 2.24 bits per heavy atom. The molecule has 116 valence electrons. The topological polar surface area (TPSA) is 35.2 Å². The Morgan fingerprint density at radius 2 is 1.67 bits per heavy atom. The maximum atomic E-state index is 5.96. The van der Waals surface area contributed by atoms with Crippen molar-refractivity contribution in [1.29, 1.82) is 0 Å². The van der Waals surface area contributed by atoms with Gasteiger partial charge in [-0.1, -0.05) is 43.5 Å². The summed E-state index contributed by atoms with van der Waals surface area (Å²) in [6, 6.07) is 9.13. The van der Waals surface area contributed by atoms with Crippen molar-refractivity contribution in [3.8, 4) is 0 Å². The molecule has 0 radical (unpaired) electrons. The predicted molar refractivity (Wildman–Crippen MR) is 87.4 cm³/mol. The molecule has 1 aromatic rings. The number of ether oxygens (including phenoxy) is 1. The molecule has 0 saturated heterocycles. The Balaban J connectivity index is 1.45. The first-order chi connectivity index (χ1) is 10.3. The molecule has 0 aliphatic heterocycles. The van der Waals surface area contributed by atoms with Gasteiger partial charge in [-0.05, 0) is 61.6 Å². The molecule has 2 N–H and O–H groups in total. The maximum Gasteiger partial charge on any atom is 0.0575 e. The van der Waals surface area contributed by atoms with Crippen molar-refractivity contribution in [2.75, 3.05) is 13.2 Å². The molecule has 0 spiro atoms. The first kappa shape index (κ1) is 15.1. The van der Waals surface area contributed by atoms with E-state index in [9.17, 15) is 0 Å². The lowest BCUT2D eigenvalue weighted by atomic mass is 9.65. The largest absolute Gasteiger partial charge is 0.378 e. The van der Waals surface area contributed by atoms with Crippen LogP contribution in [-0.4, -0.2) is 19.3 Å². The Bertz CT molecular complexity index is 424. The highest BCUT2D eigenvalue weighted by molar-refractivity contribution is 5.24. The molecular weight excluding hydrogens is 258 g/mol. The fourth-order valence-corrected chi connectivity index (χ4v) is 3.79. The van der Waals surface area contributed by atoms with Crippen LogP contribution in [0.2, 0.25) is 0 Å². The van der Waals surface area contributed by atoms with E-state index >= 15 is 0 Å². The van der Waals surface area contributed by atoms with E-state index in [1.54, 1.807) is 0 Å². The molecule has 0 unspecified atom stereocenters. The van der Waals surface area contributed by atoms with Crippen molar-refractivity contribution in [3.63, 3.8) is 0 Å². The number of rotatable bonds is 7. The predicted octanol–water partition coefficient (Wildman–Crippen LogP) is 3.86. The van der Waals surface area contributed by atoms with E-state index in [2.05, 4.69) is 24.3 Å². The number of benzene rings is 1. The fourth-order valence-electron chi connectivity index (χ4n) is 3.79. The van der Waals surface area contributed by atoms with Crippen LogP contribution in [0.25, 0.3) is 0 Å². The minimum Gasteiger partial charge on any atom is -0.378 e. The number of hydrogen-bond acceptors (Lipinski definition) is 2. The normalized spacial score (nSPS) is 21.4. The van der Waals surface area contributed by atoms with Gasteiger partial charge in [0.15, 0.2) is 0 Å². The quantitative estimate of drug-likeness (QED) is 0.826. The summed E-state index contributed by atoms with van der Waals surface area (Å²) in [5, 5.41) is 0. The van der Waals surface area contributed by atoms with Gasteiger partial charge in [-0.25, -0.2) is 0 Å². The highest BCUT2D eigenvalue weighted by atomic mass is 16.5. The minimum absolute atomic E-state index is 0.410. The number of hydrogen-bond donors (Lipinski definition) is 1. The van der Waals surface area contributed by atoms with Gasteiger partial charge in [0.1, 0.15) is 0 Å². The zero-order chi connectivity index (χ0) is 14.5. The lowest BCUT2D eigenvalue weighted by Gasteiger charge is -2.41. The summed E-state index contributed by atoms with van der Waals surface area (Å²) in [5.41, 5.74) is 9.21. The van der Waals surface area contributed by atoms with Crippen LogP contribution in [0.3, 0.4) is 0 Å². The molecule has 0 bridgehead atoms. The Morgan fingerprint density at radius 1 is 1.00 bits per heavy atom. The van der Waals surface area contributed by atoms with Gasteiger partial charge in [0.25, 0.3) is 0 Å². The van der Waals surface area contributed by atoms with Gasteiger partial charge >= 0.3 is 0 Å². The van der Waals surface area contributed by atoms with Crippen LogP contribution in [0.1, 0.15) is 56.1 Å². The molecule has 0 atom stereocenters. The van der Waals surface area contributed by atoms with Crippen LogP contribution in [-0.2, 0) is 17.6 Å². The van der Waals surface area contributed by atoms with Gasteiger partial charge in [-0.15, -0.1) is 0 Å². The second-order valence-corrected chi connectivity index (χ2v) is 7.08. The second-order valence-electron chi connectivity index (χ2n) is 7.08. The van der Waals surface area contributed by atoms with Crippen molar-refractivity contribution in [1.82, 2.24) is 0 Å². The molecule has 2 fully saturated rings. The maximum absolute atomic E-state index is 5.96. The molecule has 2 aliphatic carbocycles. The summed E-state index contributed by atoms with van der Waals surface area (Å²) in [5.74, 6) is 0. The molecule has 0 aromatic heterocycles. The molecule has 2 aliphatic rings. The summed E-state index contributed by atoms with van der Waals surface area (Å²) < 4.78 is 5.95. The average molecular weight is 287 g/mol. The van der Waals surface area contributed by atoms with Crippen LogP contribution in [0.15, 0.2) is 24.3 Å². The molecule has 21 heavy (non-hydrogen) atoms. The van der Waals surface area contributed by atoms with Gasteiger partial charge in [0, 0.05) is 0 Å². The van der Waals surface area contributed by atoms with Crippen molar-refractivity contribution in [2.24, 2.45) is 11.1 Å². The van der Waals surface area contributed by atoms with Gasteiger partial charge in [-0.2, -0.15) is 0 Å². The van der Waals surface area contributed by atoms with E-state index in [4.69, 9.17) is 10.5 Å². The average Bonchev–Trinajstić information content (AvgIpc) is 2.98. The third-order valence-electron chi connectivity index (χ3n) is 5.50. The van der Waals surface area contributed by atoms with E-state index in [1.165, 1.54) is 56.1 Å². The standard InChI is InChI=1S/C19H29NO/c20-15-19(11-3-12-19)14-17-8-6-16(7-9-17)10-13-21-18-4-1-2-5-18/h6-9,18H,1-5,10-15,20H2. The van der Waals surface area contributed by atoms with Crippen molar-refractivity contribution < 1.29 is 4.74 Å². The molecule has 1 aromatic carbocycles. The molecule has 2 heteroatoms. The van der Waals surface area contributed by atoms with Crippen molar-refractivity contribution in [2.45, 2.75) is 63.9 Å². The van der Waals surface area contributed by atoms with E-state index in [-0.39, 0.29) is 0 Å². The van der Waals surface area contributed by atoms with Gasteiger partial charge < -0.3 is 10.5 Å². The summed E-state index contributed by atoms with van der Waals surface area (Å²) in [7, 11) is 0. The van der Waals surface area contributed by atoms with E-state index < -0.39 is 0 Å². The van der Waals surface area contributed by atoms with Crippen LogP contribution in [0.4, 0.5) is 0 Å². The van der Waals surface area contributed by atoms with E-state index in [0.717, 1.165) is 26.0 Å².